The first-order valence-electron chi connectivity index (χ1n) is 8.75. The fraction of sp³-hybridized carbons (Fsp3) is 0.368. The van der Waals surface area contributed by atoms with E-state index in [2.05, 4.69) is 30.7 Å². The number of hydrogen-bond acceptors (Lipinski definition) is 3. The molecule has 26 heavy (non-hydrogen) atoms. The van der Waals surface area contributed by atoms with Crippen molar-refractivity contribution < 1.29 is 9.50 Å². The first-order chi connectivity index (χ1) is 12.5. The van der Waals surface area contributed by atoms with Crippen LogP contribution in [0, 0.1) is 5.82 Å². The monoisotopic (exact) mass is 418 g/mol. The van der Waals surface area contributed by atoms with Gasteiger partial charge in [-0.2, -0.15) is 5.10 Å². The van der Waals surface area contributed by atoms with Crippen LogP contribution in [0.25, 0.3) is 5.69 Å². The summed E-state index contributed by atoms with van der Waals surface area (Å²) in [7, 11) is 0. The summed E-state index contributed by atoms with van der Waals surface area (Å²) in [6.45, 7) is 1.63. The molecule has 2 heterocycles. The zero-order chi connectivity index (χ0) is 18.3. The van der Waals surface area contributed by atoms with Gasteiger partial charge in [0.2, 0.25) is 0 Å². The molecule has 1 N–H and O–H groups in total. The minimum absolute atomic E-state index is 0.365. The maximum atomic E-state index is 13.6. The second-order valence-corrected chi connectivity index (χ2v) is 7.55. The lowest BCUT2D eigenvalue weighted by Crippen LogP contribution is -2.18. The van der Waals surface area contributed by atoms with Crippen LogP contribution in [0.5, 0.6) is 0 Å². The third kappa shape index (κ3) is 3.10. The van der Waals surface area contributed by atoms with Gasteiger partial charge in [0.05, 0.1) is 30.4 Å². The van der Waals surface area contributed by atoms with Gasteiger partial charge in [0.15, 0.2) is 0 Å². The lowest BCUT2D eigenvalue weighted by atomic mass is 9.93. The number of rotatable bonds is 5. The van der Waals surface area contributed by atoms with Gasteiger partial charge in [0.25, 0.3) is 0 Å². The topological polar surface area (TPSA) is 55.9 Å². The molecule has 4 rings (SSSR count). The van der Waals surface area contributed by atoms with Gasteiger partial charge in [-0.05, 0) is 60.3 Å². The van der Waals surface area contributed by atoms with E-state index in [1.807, 2.05) is 10.8 Å². The number of nitrogens with zero attached hydrogens (tertiary/aromatic N) is 4. The van der Waals surface area contributed by atoms with Gasteiger partial charge in [0.1, 0.15) is 10.4 Å². The Bertz CT molecular complexity index is 930. The van der Waals surface area contributed by atoms with Crippen molar-refractivity contribution in [2.24, 2.45) is 0 Å². The number of halogens is 2. The molecule has 2 aromatic heterocycles. The highest BCUT2D eigenvalue weighted by Crippen LogP contribution is 2.35. The Morgan fingerprint density at radius 1 is 1.35 bits per heavy atom. The molecule has 3 aromatic rings. The lowest BCUT2D eigenvalue weighted by molar-refractivity contribution is 0.198. The molecule has 136 valence electrons. The fourth-order valence-corrected chi connectivity index (χ4v) is 3.96. The van der Waals surface area contributed by atoms with E-state index in [4.69, 9.17) is 0 Å². The lowest BCUT2D eigenvalue weighted by Gasteiger charge is -2.26. The summed E-state index contributed by atoms with van der Waals surface area (Å²) in [6.07, 6.45) is 8.84. The Morgan fingerprint density at radius 2 is 2.15 bits per heavy atom. The maximum Gasteiger partial charge on any atom is 0.123 e. The highest BCUT2D eigenvalue weighted by Gasteiger charge is 2.24. The average Bonchev–Trinajstić information content (AvgIpc) is 3.15. The molecule has 0 amide bonds. The van der Waals surface area contributed by atoms with E-state index in [1.54, 1.807) is 25.5 Å². The second-order valence-electron chi connectivity index (χ2n) is 6.80. The zero-order valence-corrected chi connectivity index (χ0v) is 16.0. The van der Waals surface area contributed by atoms with E-state index in [-0.39, 0.29) is 5.82 Å². The summed E-state index contributed by atoms with van der Waals surface area (Å²) in [6, 6.07) is 4.93. The van der Waals surface area contributed by atoms with E-state index >= 15 is 0 Å². The SMILES string of the molecule is CC(O)c1cc(F)ccc1-n1cncc1Cc1cnn(C2CCC2)c1Br. The number of hydrogen-bond donors (Lipinski definition) is 1. The normalized spacial score (nSPS) is 15.8. The Hall–Kier alpha value is -1.99. The summed E-state index contributed by atoms with van der Waals surface area (Å²) in [5, 5.41) is 14.6. The van der Waals surface area contributed by atoms with Crippen LogP contribution in [0.1, 0.15) is 55.2 Å². The highest BCUT2D eigenvalue weighted by molar-refractivity contribution is 9.10. The molecule has 1 unspecified atom stereocenters. The van der Waals surface area contributed by atoms with Crippen molar-refractivity contribution >= 4 is 15.9 Å². The van der Waals surface area contributed by atoms with E-state index in [0.29, 0.717) is 18.0 Å². The molecule has 0 bridgehead atoms. The molecule has 0 saturated heterocycles. The van der Waals surface area contributed by atoms with Crippen molar-refractivity contribution in [1.82, 2.24) is 19.3 Å². The summed E-state index contributed by atoms with van der Waals surface area (Å²) < 4.78 is 18.6. The zero-order valence-electron chi connectivity index (χ0n) is 14.4. The molecule has 1 aliphatic carbocycles. The first-order valence-corrected chi connectivity index (χ1v) is 9.55. The quantitative estimate of drug-likeness (QED) is 0.670. The number of imidazole rings is 1. The third-order valence-corrected chi connectivity index (χ3v) is 5.88. The standard InChI is InChI=1S/C19H20BrFN4O/c1-12(26)17-8-14(21)5-6-18(17)24-11-22-10-16(24)7-13-9-23-25(19(13)20)15-3-2-4-15/h5-6,8-12,15,26H,2-4,7H2,1H3. The number of aromatic nitrogens is 4. The Morgan fingerprint density at radius 3 is 2.85 bits per heavy atom. The summed E-state index contributed by atoms with van der Waals surface area (Å²) in [5.74, 6) is -0.365. The van der Waals surface area contributed by atoms with Crippen LogP contribution in [-0.2, 0) is 6.42 Å². The molecule has 0 radical (unpaired) electrons. The van der Waals surface area contributed by atoms with Crippen molar-refractivity contribution in [3.63, 3.8) is 0 Å². The minimum atomic E-state index is -0.774. The molecule has 0 aliphatic heterocycles. The highest BCUT2D eigenvalue weighted by atomic mass is 79.9. The molecule has 1 aromatic carbocycles. The van der Waals surface area contributed by atoms with Gasteiger partial charge in [0, 0.05) is 29.4 Å². The van der Waals surface area contributed by atoms with E-state index in [1.165, 1.54) is 31.4 Å². The molecular formula is C19H20BrFN4O. The van der Waals surface area contributed by atoms with Crippen LogP contribution in [0.3, 0.4) is 0 Å². The molecular weight excluding hydrogens is 399 g/mol. The van der Waals surface area contributed by atoms with Crippen molar-refractivity contribution in [2.45, 2.75) is 44.8 Å². The largest absolute Gasteiger partial charge is 0.389 e. The van der Waals surface area contributed by atoms with E-state index in [9.17, 15) is 9.50 Å². The van der Waals surface area contributed by atoms with Crippen LogP contribution in [0.4, 0.5) is 4.39 Å². The van der Waals surface area contributed by atoms with Gasteiger partial charge < -0.3 is 9.67 Å². The van der Waals surface area contributed by atoms with Crippen LogP contribution >= 0.6 is 15.9 Å². The summed E-state index contributed by atoms with van der Waals surface area (Å²) in [4.78, 5) is 4.26. The molecule has 0 spiro atoms. The van der Waals surface area contributed by atoms with E-state index < -0.39 is 6.10 Å². The van der Waals surface area contributed by atoms with Crippen LogP contribution < -0.4 is 0 Å². The number of aliphatic hydroxyl groups excluding tert-OH is 1. The van der Waals surface area contributed by atoms with Gasteiger partial charge in [-0.3, -0.25) is 4.68 Å². The predicted octanol–water partition coefficient (Wildman–Crippen LogP) is 4.34. The van der Waals surface area contributed by atoms with Crippen LogP contribution in [0.2, 0.25) is 0 Å². The molecule has 1 aliphatic rings. The van der Waals surface area contributed by atoms with Gasteiger partial charge in [-0.25, -0.2) is 9.37 Å². The molecule has 1 saturated carbocycles. The summed E-state index contributed by atoms with van der Waals surface area (Å²) >= 11 is 3.68. The van der Waals surface area contributed by atoms with Crippen molar-refractivity contribution in [1.29, 1.82) is 0 Å². The van der Waals surface area contributed by atoms with Gasteiger partial charge in [-0.15, -0.1) is 0 Å². The number of benzene rings is 1. The maximum absolute atomic E-state index is 13.6. The Labute approximate surface area is 159 Å². The van der Waals surface area contributed by atoms with E-state index in [0.717, 1.165) is 21.5 Å². The van der Waals surface area contributed by atoms with Gasteiger partial charge in [-0.1, -0.05) is 0 Å². The third-order valence-electron chi connectivity index (χ3n) is 5.01. The molecule has 1 atom stereocenters. The van der Waals surface area contributed by atoms with Crippen molar-refractivity contribution in [3.05, 3.63) is 64.2 Å². The van der Waals surface area contributed by atoms with Crippen LogP contribution in [-0.4, -0.2) is 24.4 Å². The molecule has 7 heteroatoms. The predicted molar refractivity (Wildman–Crippen MR) is 99.8 cm³/mol. The smallest absolute Gasteiger partial charge is 0.123 e. The minimum Gasteiger partial charge on any atom is -0.389 e. The van der Waals surface area contributed by atoms with Gasteiger partial charge >= 0.3 is 0 Å². The van der Waals surface area contributed by atoms with Crippen molar-refractivity contribution in [3.8, 4) is 5.69 Å². The first kappa shape index (κ1) is 17.4. The fourth-order valence-electron chi connectivity index (χ4n) is 3.33. The molecule has 5 nitrogen and oxygen atoms in total. The van der Waals surface area contributed by atoms with Crippen LogP contribution in [0.15, 0.2) is 41.5 Å². The second kappa shape index (κ2) is 6.96. The Kier molecular flexibility index (Phi) is 4.67. The Balaban J connectivity index is 1.67. The average molecular weight is 419 g/mol. The van der Waals surface area contributed by atoms with Crippen molar-refractivity contribution in [2.75, 3.05) is 0 Å². The molecule has 1 fully saturated rings. The number of aliphatic hydroxyl groups is 1. The summed E-state index contributed by atoms with van der Waals surface area (Å²) in [5.41, 5.74) is 3.30.